The molecule has 5 nitrogen and oxygen atoms in total. The van der Waals surface area contributed by atoms with Crippen molar-refractivity contribution in [3.05, 3.63) is 59.1 Å². The van der Waals surface area contributed by atoms with Gasteiger partial charge in [0.05, 0.1) is 21.8 Å². The van der Waals surface area contributed by atoms with Gasteiger partial charge in [0.15, 0.2) is 11.6 Å². The highest BCUT2D eigenvalue weighted by atomic mass is 32.1. The minimum atomic E-state index is -1.05. The molecule has 2 N–H and O–H groups in total. The van der Waals surface area contributed by atoms with Crippen LogP contribution in [-0.4, -0.2) is 23.3 Å². The lowest BCUT2D eigenvalue weighted by Crippen LogP contribution is -2.32. The Hall–Kier alpha value is -2.87. The fourth-order valence-corrected chi connectivity index (χ4v) is 3.48. The summed E-state index contributed by atoms with van der Waals surface area (Å²) in [5, 5.41) is 5.87. The number of amides is 2. The number of aryl methyl sites for hydroxylation is 1. The summed E-state index contributed by atoms with van der Waals surface area (Å²) in [6, 6.07) is 10.9. The molecule has 0 bridgehead atoms. The van der Waals surface area contributed by atoms with Gasteiger partial charge in [-0.05, 0) is 37.1 Å². The zero-order valence-corrected chi connectivity index (χ0v) is 15.1. The topological polar surface area (TPSA) is 71.1 Å². The quantitative estimate of drug-likeness (QED) is 0.648. The molecule has 0 atom stereocenters. The highest BCUT2D eigenvalue weighted by Gasteiger charge is 2.09. The average Bonchev–Trinajstić information content (AvgIpc) is 3.06. The molecule has 3 aromatic rings. The minimum absolute atomic E-state index is 0.129. The second-order valence-corrected chi connectivity index (χ2v) is 7.00. The van der Waals surface area contributed by atoms with Gasteiger partial charge in [-0.1, -0.05) is 12.1 Å². The molecule has 0 aliphatic carbocycles. The van der Waals surface area contributed by atoms with E-state index in [9.17, 15) is 18.4 Å². The molecule has 0 radical (unpaired) electrons. The van der Waals surface area contributed by atoms with E-state index in [0.717, 1.165) is 27.4 Å². The van der Waals surface area contributed by atoms with E-state index in [2.05, 4.69) is 15.6 Å². The first kappa shape index (κ1) is 18.9. The van der Waals surface area contributed by atoms with Crippen molar-refractivity contribution in [2.45, 2.75) is 19.3 Å². The molecule has 1 heterocycles. The maximum absolute atomic E-state index is 13.1. The number of rotatable bonds is 7. The molecule has 3 rings (SSSR count). The summed E-state index contributed by atoms with van der Waals surface area (Å²) in [7, 11) is 0. The summed E-state index contributed by atoms with van der Waals surface area (Å²) in [6.07, 6.45) is 1.58. The molecule has 0 saturated carbocycles. The van der Waals surface area contributed by atoms with Crippen molar-refractivity contribution >= 4 is 39.1 Å². The van der Waals surface area contributed by atoms with Crippen LogP contribution in [0.3, 0.4) is 0 Å². The first-order valence-electron chi connectivity index (χ1n) is 8.37. The van der Waals surface area contributed by atoms with E-state index < -0.39 is 17.5 Å². The van der Waals surface area contributed by atoms with E-state index in [0.29, 0.717) is 12.8 Å². The van der Waals surface area contributed by atoms with Crippen molar-refractivity contribution in [1.82, 2.24) is 10.3 Å². The number of carbonyl (C=O) groups is 2. The Morgan fingerprint density at radius 2 is 1.85 bits per heavy atom. The van der Waals surface area contributed by atoms with E-state index in [-0.39, 0.29) is 24.6 Å². The molecule has 0 fully saturated rings. The Labute approximate surface area is 158 Å². The lowest BCUT2D eigenvalue weighted by atomic mass is 10.2. The predicted molar refractivity (Wildman–Crippen MR) is 101 cm³/mol. The Balaban J connectivity index is 1.38. The van der Waals surface area contributed by atoms with Crippen molar-refractivity contribution in [2.24, 2.45) is 0 Å². The number of nitrogens with zero attached hydrogens (tertiary/aromatic N) is 1. The third kappa shape index (κ3) is 5.30. The molecule has 0 spiro atoms. The van der Waals surface area contributed by atoms with Crippen LogP contribution < -0.4 is 10.6 Å². The van der Waals surface area contributed by atoms with Crippen LogP contribution in [0.15, 0.2) is 42.5 Å². The van der Waals surface area contributed by atoms with E-state index in [1.165, 1.54) is 6.07 Å². The average molecular weight is 389 g/mol. The van der Waals surface area contributed by atoms with Crippen LogP contribution >= 0.6 is 11.3 Å². The van der Waals surface area contributed by atoms with Gasteiger partial charge >= 0.3 is 0 Å². The molecular weight excluding hydrogens is 372 g/mol. The number of aromatic nitrogens is 1. The van der Waals surface area contributed by atoms with Crippen molar-refractivity contribution in [3.8, 4) is 0 Å². The fraction of sp³-hybridized carbons (Fsp3) is 0.211. The lowest BCUT2D eigenvalue weighted by Gasteiger charge is -2.07. The largest absolute Gasteiger partial charge is 0.347 e. The van der Waals surface area contributed by atoms with E-state index in [4.69, 9.17) is 0 Å². The maximum Gasteiger partial charge on any atom is 0.243 e. The van der Waals surface area contributed by atoms with Crippen LogP contribution in [-0.2, 0) is 16.0 Å². The molecule has 0 saturated heterocycles. The van der Waals surface area contributed by atoms with Crippen LogP contribution in [0.1, 0.15) is 17.8 Å². The molecule has 27 heavy (non-hydrogen) atoms. The monoisotopic (exact) mass is 389 g/mol. The van der Waals surface area contributed by atoms with Crippen molar-refractivity contribution in [3.63, 3.8) is 0 Å². The number of hydrogen-bond donors (Lipinski definition) is 2. The third-order valence-corrected chi connectivity index (χ3v) is 4.88. The summed E-state index contributed by atoms with van der Waals surface area (Å²) >= 11 is 1.61. The third-order valence-electron chi connectivity index (χ3n) is 3.78. The van der Waals surface area contributed by atoms with Crippen LogP contribution in [0.4, 0.5) is 14.5 Å². The fourth-order valence-electron chi connectivity index (χ4n) is 2.47. The standard InChI is InChI=1S/C19H17F2N3O2S/c20-13-9-8-12(10-14(13)21)23-18(26)11-22-17(25)6-3-7-19-24-15-4-1-2-5-16(15)27-19/h1-2,4-5,8-10H,3,6-7,11H2,(H,22,25)(H,23,26). The number of carbonyl (C=O) groups excluding carboxylic acids is 2. The highest BCUT2D eigenvalue weighted by Crippen LogP contribution is 2.22. The van der Waals surface area contributed by atoms with Crippen molar-refractivity contribution in [2.75, 3.05) is 11.9 Å². The summed E-state index contributed by atoms with van der Waals surface area (Å²) < 4.78 is 27.1. The van der Waals surface area contributed by atoms with Gasteiger partial charge in [-0.3, -0.25) is 9.59 Å². The maximum atomic E-state index is 13.1. The SMILES string of the molecule is O=C(CCCc1nc2ccccc2s1)NCC(=O)Nc1ccc(F)c(F)c1. The van der Waals surface area contributed by atoms with Gasteiger partial charge in [0.2, 0.25) is 11.8 Å². The number of hydrogen-bond acceptors (Lipinski definition) is 4. The smallest absolute Gasteiger partial charge is 0.243 e. The highest BCUT2D eigenvalue weighted by molar-refractivity contribution is 7.18. The molecule has 8 heteroatoms. The van der Waals surface area contributed by atoms with Gasteiger partial charge in [0, 0.05) is 18.2 Å². The predicted octanol–water partition coefficient (Wildman–Crippen LogP) is 3.65. The Morgan fingerprint density at radius 1 is 1.04 bits per heavy atom. The second-order valence-electron chi connectivity index (χ2n) is 5.88. The number of fused-ring (bicyclic) bond motifs is 1. The van der Waals surface area contributed by atoms with Crippen LogP contribution in [0.5, 0.6) is 0 Å². The van der Waals surface area contributed by atoms with Gasteiger partial charge in [0.25, 0.3) is 0 Å². The zero-order valence-electron chi connectivity index (χ0n) is 14.3. The van der Waals surface area contributed by atoms with Gasteiger partial charge in [0.1, 0.15) is 0 Å². The Morgan fingerprint density at radius 3 is 2.63 bits per heavy atom. The number of anilines is 1. The second kappa shape index (κ2) is 8.68. The normalized spacial score (nSPS) is 10.7. The van der Waals surface area contributed by atoms with Crippen LogP contribution in [0, 0.1) is 11.6 Å². The molecular formula is C19H17F2N3O2S. The van der Waals surface area contributed by atoms with Crippen LogP contribution in [0.25, 0.3) is 10.2 Å². The molecule has 0 aliphatic rings. The van der Waals surface area contributed by atoms with Crippen molar-refractivity contribution in [1.29, 1.82) is 0 Å². The first-order chi connectivity index (χ1) is 13.0. The number of thiazole rings is 1. The Bertz CT molecular complexity index is 941. The Kier molecular flexibility index (Phi) is 6.08. The number of para-hydroxylation sites is 1. The molecule has 2 amide bonds. The van der Waals surface area contributed by atoms with E-state index >= 15 is 0 Å². The lowest BCUT2D eigenvalue weighted by molar-refractivity contribution is -0.124. The van der Waals surface area contributed by atoms with Crippen LogP contribution in [0.2, 0.25) is 0 Å². The zero-order chi connectivity index (χ0) is 19.2. The van der Waals surface area contributed by atoms with Gasteiger partial charge in [-0.25, -0.2) is 13.8 Å². The number of benzene rings is 2. The summed E-state index contributed by atoms with van der Waals surface area (Å²) in [5.74, 6) is -2.81. The van der Waals surface area contributed by atoms with Gasteiger partial charge in [-0.2, -0.15) is 0 Å². The molecule has 140 valence electrons. The molecule has 0 unspecified atom stereocenters. The van der Waals surface area contributed by atoms with Gasteiger partial charge < -0.3 is 10.6 Å². The van der Waals surface area contributed by atoms with Gasteiger partial charge in [-0.15, -0.1) is 11.3 Å². The van der Waals surface area contributed by atoms with E-state index in [1.54, 1.807) is 11.3 Å². The molecule has 2 aromatic carbocycles. The first-order valence-corrected chi connectivity index (χ1v) is 9.19. The minimum Gasteiger partial charge on any atom is -0.347 e. The number of nitrogens with one attached hydrogen (secondary N) is 2. The summed E-state index contributed by atoms with van der Waals surface area (Å²) in [4.78, 5) is 28.1. The number of halogens is 2. The summed E-state index contributed by atoms with van der Waals surface area (Å²) in [6.45, 7) is -0.237. The van der Waals surface area contributed by atoms with E-state index in [1.807, 2.05) is 24.3 Å². The molecule has 1 aromatic heterocycles. The van der Waals surface area contributed by atoms with Crippen molar-refractivity contribution < 1.29 is 18.4 Å². The summed E-state index contributed by atoms with van der Waals surface area (Å²) in [5.41, 5.74) is 1.08. The molecule has 0 aliphatic heterocycles.